The van der Waals surface area contributed by atoms with Crippen molar-refractivity contribution >= 4 is 0 Å². The van der Waals surface area contributed by atoms with Crippen LogP contribution in [0.4, 0.5) is 0 Å². The number of hydrogen-bond acceptors (Lipinski definition) is 4. The smallest absolute Gasteiger partial charge is 0.122 e. The van der Waals surface area contributed by atoms with E-state index in [0.717, 1.165) is 43.6 Å². The number of aryl methyl sites for hydroxylation is 2. The van der Waals surface area contributed by atoms with Crippen LogP contribution in [-0.4, -0.2) is 31.1 Å². The van der Waals surface area contributed by atoms with Gasteiger partial charge in [-0.25, -0.2) is 0 Å². The maximum atomic E-state index is 10.6. The molecule has 0 saturated carbocycles. The highest BCUT2D eigenvalue weighted by molar-refractivity contribution is 5.42. The van der Waals surface area contributed by atoms with Gasteiger partial charge in [-0.05, 0) is 73.0 Å². The minimum absolute atomic E-state index is 0.0996. The molecule has 2 aromatic carbocycles. The number of ether oxygens (including phenoxy) is 2. The number of hydrogen-bond donors (Lipinski definition) is 2. The van der Waals surface area contributed by atoms with Crippen LogP contribution in [0.5, 0.6) is 5.75 Å². The molecule has 1 fully saturated rings. The van der Waals surface area contributed by atoms with Crippen LogP contribution in [-0.2, 0) is 24.0 Å². The number of aliphatic hydroxyl groups is 1. The zero-order chi connectivity index (χ0) is 21.8. The van der Waals surface area contributed by atoms with Crippen molar-refractivity contribution in [3.8, 4) is 5.75 Å². The highest BCUT2D eigenvalue weighted by Gasteiger charge is 2.36. The highest BCUT2D eigenvalue weighted by atomic mass is 16.5. The molecule has 31 heavy (non-hydrogen) atoms. The summed E-state index contributed by atoms with van der Waals surface area (Å²) in [4.78, 5) is 0. The lowest BCUT2D eigenvalue weighted by molar-refractivity contribution is -0.134. The van der Waals surface area contributed by atoms with E-state index in [1.807, 2.05) is 7.05 Å². The molecule has 4 unspecified atom stereocenters. The average molecular weight is 422 g/mol. The Hall–Kier alpha value is -2.14. The van der Waals surface area contributed by atoms with Crippen LogP contribution in [0.1, 0.15) is 60.1 Å². The summed E-state index contributed by atoms with van der Waals surface area (Å²) in [5, 5.41) is 13.8. The van der Waals surface area contributed by atoms with Crippen LogP contribution in [0.3, 0.4) is 0 Å². The van der Waals surface area contributed by atoms with Crippen LogP contribution < -0.4 is 10.1 Å². The predicted octanol–water partition coefficient (Wildman–Crippen LogP) is 4.72. The van der Waals surface area contributed by atoms with E-state index >= 15 is 0 Å². The summed E-state index contributed by atoms with van der Waals surface area (Å²) in [6.45, 7) is 6.89. The minimum Gasteiger partial charge on any atom is -0.493 e. The maximum Gasteiger partial charge on any atom is 0.122 e. The molecule has 2 heterocycles. The Morgan fingerprint density at radius 2 is 2.03 bits per heavy atom. The Bertz CT molecular complexity index is 909. The third-order valence-corrected chi connectivity index (χ3v) is 6.72. The van der Waals surface area contributed by atoms with Crippen LogP contribution >= 0.6 is 0 Å². The van der Waals surface area contributed by atoms with E-state index in [-0.39, 0.29) is 18.2 Å². The number of benzene rings is 2. The Morgan fingerprint density at radius 3 is 2.81 bits per heavy atom. The van der Waals surface area contributed by atoms with E-state index in [1.165, 1.54) is 28.7 Å². The molecule has 2 aliphatic heterocycles. The van der Waals surface area contributed by atoms with Gasteiger partial charge in [0.2, 0.25) is 0 Å². The molecule has 166 valence electrons. The lowest BCUT2D eigenvalue weighted by Gasteiger charge is -2.38. The largest absolute Gasteiger partial charge is 0.493 e. The van der Waals surface area contributed by atoms with Crippen molar-refractivity contribution in [2.75, 3.05) is 13.7 Å². The lowest BCUT2D eigenvalue weighted by atomic mass is 9.87. The maximum absolute atomic E-state index is 10.6. The van der Waals surface area contributed by atoms with Gasteiger partial charge in [0, 0.05) is 12.3 Å². The van der Waals surface area contributed by atoms with E-state index in [1.54, 1.807) is 6.08 Å². The quantitative estimate of drug-likeness (QED) is 0.663. The van der Waals surface area contributed by atoms with Gasteiger partial charge in [0.15, 0.2) is 0 Å². The fraction of sp³-hybridized carbons (Fsp3) is 0.481. The van der Waals surface area contributed by atoms with Crippen molar-refractivity contribution < 1.29 is 14.6 Å². The Balaban J connectivity index is 1.58. The van der Waals surface area contributed by atoms with Crippen molar-refractivity contribution in [1.82, 2.24) is 5.32 Å². The molecule has 0 radical (unpaired) electrons. The first-order valence-corrected chi connectivity index (χ1v) is 11.6. The van der Waals surface area contributed by atoms with Gasteiger partial charge in [-0.15, -0.1) is 6.58 Å². The fourth-order valence-corrected chi connectivity index (χ4v) is 4.91. The van der Waals surface area contributed by atoms with E-state index < -0.39 is 6.10 Å². The molecule has 4 rings (SSSR count). The standard InChI is InChI=1S/C27H35NO3/c1-4-19-10-11-21(26-17-24(29)23(5-2)27(28-3)31-26)16-22(19)15-18-9-12-25-20(14-18)8-6-7-13-30-25/h5,9-12,14,16,23-24,26-29H,2,4,6-8,13,15,17H2,1,3H3. The summed E-state index contributed by atoms with van der Waals surface area (Å²) in [5.41, 5.74) is 6.47. The molecule has 0 aliphatic carbocycles. The molecule has 2 N–H and O–H groups in total. The molecule has 4 nitrogen and oxygen atoms in total. The van der Waals surface area contributed by atoms with Gasteiger partial charge in [-0.3, -0.25) is 5.32 Å². The molecule has 0 spiro atoms. The summed E-state index contributed by atoms with van der Waals surface area (Å²) in [5.74, 6) is 0.947. The molecule has 4 atom stereocenters. The summed E-state index contributed by atoms with van der Waals surface area (Å²) in [7, 11) is 1.87. The van der Waals surface area contributed by atoms with Crippen molar-refractivity contribution in [3.63, 3.8) is 0 Å². The average Bonchev–Trinajstić information content (AvgIpc) is 3.03. The van der Waals surface area contributed by atoms with Crippen LogP contribution in [0, 0.1) is 5.92 Å². The number of aliphatic hydroxyl groups excluding tert-OH is 1. The SMILES string of the molecule is C=CC1C(O)CC(c2ccc(CC)c(Cc3ccc4c(c3)CCCCO4)c2)OC1NC. The first-order chi connectivity index (χ1) is 15.1. The molecule has 2 aromatic rings. The summed E-state index contributed by atoms with van der Waals surface area (Å²) in [6, 6.07) is 13.3. The van der Waals surface area contributed by atoms with Gasteiger partial charge >= 0.3 is 0 Å². The van der Waals surface area contributed by atoms with Crippen molar-refractivity contribution in [3.05, 3.63) is 76.9 Å². The summed E-state index contributed by atoms with van der Waals surface area (Å²) in [6.07, 6.45) is 6.83. The van der Waals surface area contributed by atoms with E-state index in [4.69, 9.17) is 9.47 Å². The van der Waals surface area contributed by atoms with Crippen molar-refractivity contribution in [1.29, 1.82) is 0 Å². The number of nitrogens with one attached hydrogen (secondary N) is 1. The number of rotatable bonds is 6. The van der Waals surface area contributed by atoms with Gasteiger partial charge < -0.3 is 14.6 Å². The lowest BCUT2D eigenvalue weighted by Crippen LogP contribution is -2.46. The van der Waals surface area contributed by atoms with Gasteiger partial charge in [0.05, 0.1) is 18.8 Å². The van der Waals surface area contributed by atoms with Gasteiger partial charge in [0.1, 0.15) is 12.0 Å². The van der Waals surface area contributed by atoms with Crippen molar-refractivity contribution in [2.45, 2.75) is 63.9 Å². The second kappa shape index (κ2) is 9.99. The molecule has 1 saturated heterocycles. The molecule has 0 amide bonds. The summed E-state index contributed by atoms with van der Waals surface area (Å²) < 4.78 is 12.2. The fourth-order valence-electron chi connectivity index (χ4n) is 4.91. The zero-order valence-electron chi connectivity index (χ0n) is 18.8. The van der Waals surface area contributed by atoms with Crippen LogP contribution in [0.25, 0.3) is 0 Å². The molecule has 0 bridgehead atoms. The second-order valence-electron chi connectivity index (χ2n) is 8.76. The highest BCUT2D eigenvalue weighted by Crippen LogP contribution is 2.36. The monoisotopic (exact) mass is 421 g/mol. The topological polar surface area (TPSA) is 50.7 Å². The number of fused-ring (bicyclic) bond motifs is 1. The molecular formula is C27H35NO3. The molecular weight excluding hydrogens is 386 g/mol. The third kappa shape index (κ3) is 4.87. The normalized spacial score (nSPS) is 25.9. The minimum atomic E-state index is -0.465. The Labute approximate surface area is 186 Å². The molecule has 4 heteroatoms. The van der Waals surface area contributed by atoms with Crippen LogP contribution in [0.2, 0.25) is 0 Å². The molecule has 0 aromatic heterocycles. The first-order valence-electron chi connectivity index (χ1n) is 11.6. The van der Waals surface area contributed by atoms with Gasteiger partial charge in [-0.2, -0.15) is 0 Å². The summed E-state index contributed by atoms with van der Waals surface area (Å²) >= 11 is 0. The third-order valence-electron chi connectivity index (χ3n) is 6.72. The van der Waals surface area contributed by atoms with Gasteiger partial charge in [-0.1, -0.05) is 43.3 Å². The van der Waals surface area contributed by atoms with Gasteiger partial charge in [0.25, 0.3) is 0 Å². The second-order valence-corrected chi connectivity index (χ2v) is 8.76. The Kier molecular flexibility index (Phi) is 7.11. The van der Waals surface area contributed by atoms with Crippen LogP contribution in [0.15, 0.2) is 49.1 Å². The van der Waals surface area contributed by atoms with E-state index in [0.29, 0.717) is 6.42 Å². The van der Waals surface area contributed by atoms with Crippen molar-refractivity contribution in [2.24, 2.45) is 5.92 Å². The first kappa shape index (κ1) is 22.1. The van der Waals surface area contributed by atoms with E-state index in [2.05, 4.69) is 55.2 Å². The molecule has 2 aliphatic rings. The Morgan fingerprint density at radius 1 is 1.16 bits per heavy atom. The zero-order valence-corrected chi connectivity index (χ0v) is 18.8. The predicted molar refractivity (Wildman–Crippen MR) is 124 cm³/mol. The van der Waals surface area contributed by atoms with E-state index in [9.17, 15) is 5.11 Å².